The molecule has 1 atom stereocenters. The molecule has 0 aliphatic heterocycles. The van der Waals surface area contributed by atoms with E-state index in [0.717, 1.165) is 22.1 Å². The van der Waals surface area contributed by atoms with Gasteiger partial charge in [0, 0.05) is 5.39 Å². The third-order valence-electron chi connectivity index (χ3n) is 3.39. The first-order valence-corrected chi connectivity index (χ1v) is 7.67. The van der Waals surface area contributed by atoms with Crippen molar-refractivity contribution in [2.24, 2.45) is 0 Å². The van der Waals surface area contributed by atoms with Gasteiger partial charge in [-0.05, 0) is 17.0 Å². The highest BCUT2D eigenvalue weighted by Crippen LogP contribution is 2.25. The molecule has 0 radical (unpaired) electrons. The van der Waals surface area contributed by atoms with Gasteiger partial charge >= 0.3 is 0 Å². The summed E-state index contributed by atoms with van der Waals surface area (Å²) in [4.78, 5) is 0. The van der Waals surface area contributed by atoms with E-state index in [4.69, 9.17) is 21.1 Å². The molecule has 0 saturated heterocycles. The Labute approximate surface area is 135 Å². The molecule has 112 valence electrons. The number of halogens is 1. The van der Waals surface area contributed by atoms with E-state index in [1.165, 1.54) is 0 Å². The number of ether oxygens (including phenoxy) is 2. The lowest BCUT2D eigenvalue weighted by Gasteiger charge is -2.14. The van der Waals surface area contributed by atoms with Crippen molar-refractivity contribution in [2.75, 3.05) is 6.61 Å². The van der Waals surface area contributed by atoms with Crippen LogP contribution in [0.25, 0.3) is 10.8 Å². The molecular weight excluding hydrogens is 296 g/mol. The van der Waals surface area contributed by atoms with Crippen LogP contribution in [0.1, 0.15) is 5.56 Å². The lowest BCUT2D eigenvalue weighted by Crippen LogP contribution is -2.15. The van der Waals surface area contributed by atoms with E-state index < -0.39 is 5.56 Å². The maximum absolute atomic E-state index is 6.18. The molecule has 0 fully saturated rings. The number of hydrogen-bond donors (Lipinski definition) is 0. The van der Waals surface area contributed by atoms with Gasteiger partial charge in [-0.1, -0.05) is 78.3 Å². The number of hydrogen-bond acceptors (Lipinski definition) is 2. The van der Waals surface area contributed by atoms with Gasteiger partial charge in [0.25, 0.3) is 0 Å². The van der Waals surface area contributed by atoms with Gasteiger partial charge in [0.05, 0.1) is 6.61 Å². The average Bonchev–Trinajstić information content (AvgIpc) is 2.59. The first-order valence-electron chi connectivity index (χ1n) is 7.23. The Kier molecular flexibility index (Phi) is 4.94. The van der Waals surface area contributed by atoms with E-state index >= 15 is 0 Å². The van der Waals surface area contributed by atoms with Crippen LogP contribution in [0, 0.1) is 0 Å². The molecule has 22 heavy (non-hydrogen) atoms. The van der Waals surface area contributed by atoms with Gasteiger partial charge < -0.3 is 9.47 Å². The Balaban J connectivity index is 1.57. The molecule has 0 aromatic heterocycles. The predicted octanol–water partition coefficient (Wildman–Crippen LogP) is 5.00. The fourth-order valence-electron chi connectivity index (χ4n) is 2.29. The van der Waals surface area contributed by atoms with E-state index in [1.54, 1.807) is 0 Å². The van der Waals surface area contributed by atoms with Gasteiger partial charge in [-0.2, -0.15) is 0 Å². The summed E-state index contributed by atoms with van der Waals surface area (Å²) in [5, 5.41) is 2.23. The van der Waals surface area contributed by atoms with Crippen LogP contribution >= 0.6 is 11.6 Å². The van der Waals surface area contributed by atoms with Gasteiger partial charge in [0.15, 0.2) is 5.56 Å². The highest BCUT2D eigenvalue weighted by Gasteiger charge is 2.08. The minimum Gasteiger partial charge on any atom is -0.489 e. The molecule has 3 aromatic rings. The van der Waals surface area contributed by atoms with Crippen LogP contribution in [0.15, 0.2) is 72.8 Å². The maximum Gasteiger partial charge on any atom is 0.165 e. The van der Waals surface area contributed by atoms with Gasteiger partial charge in [0.2, 0.25) is 0 Å². The smallest absolute Gasteiger partial charge is 0.165 e. The van der Waals surface area contributed by atoms with E-state index in [-0.39, 0.29) is 0 Å². The summed E-state index contributed by atoms with van der Waals surface area (Å²) < 4.78 is 11.4. The first-order chi connectivity index (χ1) is 10.8. The third-order valence-corrected chi connectivity index (χ3v) is 3.65. The summed E-state index contributed by atoms with van der Waals surface area (Å²) in [6.07, 6.45) is 0. The van der Waals surface area contributed by atoms with Crippen molar-refractivity contribution in [3.63, 3.8) is 0 Å². The number of fused-ring (bicyclic) bond motifs is 1. The van der Waals surface area contributed by atoms with Crippen LogP contribution < -0.4 is 4.74 Å². The molecule has 1 unspecified atom stereocenters. The average molecular weight is 313 g/mol. The van der Waals surface area contributed by atoms with Crippen molar-refractivity contribution in [1.82, 2.24) is 0 Å². The lowest BCUT2D eigenvalue weighted by molar-refractivity contribution is 0.0607. The number of benzene rings is 3. The molecule has 3 rings (SSSR count). The summed E-state index contributed by atoms with van der Waals surface area (Å²) in [6, 6.07) is 24.1. The predicted molar refractivity (Wildman–Crippen MR) is 90.3 cm³/mol. The van der Waals surface area contributed by atoms with Crippen LogP contribution in [-0.4, -0.2) is 12.2 Å². The second-order valence-corrected chi connectivity index (χ2v) is 5.48. The molecule has 0 amide bonds. The summed E-state index contributed by atoms with van der Waals surface area (Å²) >= 11 is 6.18. The summed E-state index contributed by atoms with van der Waals surface area (Å²) in [7, 11) is 0. The largest absolute Gasteiger partial charge is 0.489 e. The fraction of sp³-hybridized carbons (Fsp3) is 0.158. The van der Waals surface area contributed by atoms with Crippen LogP contribution in [0.2, 0.25) is 0 Å². The van der Waals surface area contributed by atoms with Crippen LogP contribution in [0.5, 0.6) is 5.75 Å². The zero-order chi connectivity index (χ0) is 15.2. The molecule has 2 nitrogen and oxygen atoms in total. The number of rotatable bonds is 6. The zero-order valence-electron chi connectivity index (χ0n) is 12.1. The highest BCUT2D eigenvalue weighted by molar-refractivity contribution is 6.19. The van der Waals surface area contributed by atoms with E-state index in [1.807, 2.05) is 60.7 Å². The summed E-state index contributed by atoms with van der Waals surface area (Å²) in [6.45, 7) is 0.788. The third kappa shape index (κ3) is 3.79. The molecule has 0 saturated carbocycles. The van der Waals surface area contributed by atoms with Crippen molar-refractivity contribution >= 4 is 22.4 Å². The topological polar surface area (TPSA) is 18.5 Å². The van der Waals surface area contributed by atoms with Crippen LogP contribution in [0.4, 0.5) is 0 Å². The van der Waals surface area contributed by atoms with Gasteiger partial charge in [0.1, 0.15) is 12.4 Å². The molecule has 0 N–H and O–H groups in total. The van der Waals surface area contributed by atoms with Crippen molar-refractivity contribution in [3.8, 4) is 5.75 Å². The standard InChI is InChI=1S/C19H17ClO2/c20-19(22-13-15-7-2-1-3-8-15)14-21-18-12-6-10-16-9-4-5-11-17(16)18/h1-12,19H,13-14H2. The van der Waals surface area contributed by atoms with Gasteiger partial charge in [-0.15, -0.1) is 0 Å². The molecule has 0 aliphatic rings. The number of alkyl halides is 1. The van der Waals surface area contributed by atoms with Crippen molar-refractivity contribution in [1.29, 1.82) is 0 Å². The molecule has 0 aliphatic carbocycles. The zero-order valence-corrected chi connectivity index (χ0v) is 12.9. The summed E-state index contributed by atoms with van der Waals surface area (Å²) in [5.74, 6) is 0.826. The van der Waals surface area contributed by atoms with Gasteiger partial charge in [-0.3, -0.25) is 0 Å². The minimum atomic E-state index is -0.487. The van der Waals surface area contributed by atoms with Crippen LogP contribution in [0.3, 0.4) is 0 Å². The van der Waals surface area contributed by atoms with E-state index in [2.05, 4.69) is 12.1 Å². The second-order valence-electron chi connectivity index (χ2n) is 4.99. The van der Waals surface area contributed by atoms with Crippen LogP contribution in [-0.2, 0) is 11.3 Å². The lowest BCUT2D eigenvalue weighted by atomic mass is 10.1. The van der Waals surface area contributed by atoms with Crippen molar-refractivity contribution < 1.29 is 9.47 Å². The van der Waals surface area contributed by atoms with E-state index in [0.29, 0.717) is 13.2 Å². The SMILES string of the molecule is ClC(COc1cccc2ccccc12)OCc1ccccc1. The normalized spacial score (nSPS) is 12.2. The Morgan fingerprint density at radius 2 is 1.55 bits per heavy atom. The Bertz CT molecular complexity index is 722. The Morgan fingerprint density at radius 1 is 0.818 bits per heavy atom. The monoisotopic (exact) mass is 312 g/mol. The van der Waals surface area contributed by atoms with Crippen molar-refractivity contribution in [2.45, 2.75) is 12.2 Å². The highest BCUT2D eigenvalue weighted by atomic mass is 35.5. The Morgan fingerprint density at radius 3 is 2.41 bits per heavy atom. The van der Waals surface area contributed by atoms with Gasteiger partial charge in [-0.25, -0.2) is 0 Å². The maximum atomic E-state index is 6.18. The fourth-order valence-corrected chi connectivity index (χ4v) is 2.41. The quantitative estimate of drug-likeness (QED) is 0.596. The molecule has 0 bridgehead atoms. The minimum absolute atomic E-state index is 0.308. The molecule has 3 heteroatoms. The molecule has 3 aromatic carbocycles. The second kappa shape index (κ2) is 7.30. The summed E-state index contributed by atoms with van der Waals surface area (Å²) in [5.41, 5.74) is 0.609. The Hall–Kier alpha value is -2.03. The molecule has 0 heterocycles. The van der Waals surface area contributed by atoms with Crippen molar-refractivity contribution in [3.05, 3.63) is 78.4 Å². The van der Waals surface area contributed by atoms with E-state index in [9.17, 15) is 0 Å². The molecular formula is C19H17ClO2. The first kappa shape index (κ1) is 14.9. The molecule has 0 spiro atoms.